The Labute approximate surface area is 85.4 Å². The highest BCUT2D eigenvalue weighted by atomic mass is 79.9. The summed E-state index contributed by atoms with van der Waals surface area (Å²) in [6, 6.07) is 1.41. The molecule has 1 aromatic rings. The van der Waals surface area contributed by atoms with Crippen LogP contribution in [0.5, 0.6) is 0 Å². The smallest absolute Gasteiger partial charge is 0.233 e. The van der Waals surface area contributed by atoms with Crippen LogP contribution in [-0.4, -0.2) is 4.98 Å². The molecule has 0 amide bonds. The lowest BCUT2D eigenvalue weighted by atomic mass is 10.2. The average molecular weight is 301 g/mol. The zero-order valence-corrected chi connectivity index (χ0v) is 9.29. The zero-order chi connectivity index (χ0) is 9.30. The molecule has 12 heavy (non-hydrogen) atoms. The molecule has 1 aromatic heterocycles. The first-order chi connectivity index (χ1) is 5.52. The molecule has 0 aliphatic heterocycles. The van der Waals surface area contributed by atoms with E-state index in [0.29, 0.717) is 10.2 Å². The van der Waals surface area contributed by atoms with Crippen molar-refractivity contribution < 1.29 is 8.78 Å². The summed E-state index contributed by atoms with van der Waals surface area (Å²) in [4.78, 5) is 3.85. The summed E-state index contributed by atoms with van der Waals surface area (Å²) in [5.41, 5.74) is 0.629. The van der Waals surface area contributed by atoms with Gasteiger partial charge in [-0.15, -0.1) is 0 Å². The molecular weight excluding hydrogens is 296 g/mol. The number of aromatic nitrogens is 1. The van der Waals surface area contributed by atoms with Gasteiger partial charge in [0.1, 0.15) is 9.21 Å². The van der Waals surface area contributed by atoms with Crippen LogP contribution in [0.25, 0.3) is 0 Å². The molecule has 0 radical (unpaired) electrons. The predicted octanol–water partition coefficient (Wildman–Crippen LogP) is 3.85. The molecule has 0 saturated heterocycles. The lowest BCUT2D eigenvalue weighted by Gasteiger charge is -2.04. The van der Waals surface area contributed by atoms with Crippen LogP contribution in [0.3, 0.4) is 0 Å². The first kappa shape index (κ1) is 10.1. The van der Waals surface area contributed by atoms with Crippen molar-refractivity contribution in [1.82, 2.24) is 4.98 Å². The molecule has 0 aliphatic rings. The van der Waals surface area contributed by atoms with E-state index >= 15 is 0 Å². The Morgan fingerprint density at radius 1 is 1.33 bits per heavy atom. The second-order valence-electron chi connectivity index (χ2n) is 2.28. The van der Waals surface area contributed by atoms with Gasteiger partial charge in [-0.25, -0.2) is 13.8 Å². The topological polar surface area (TPSA) is 12.9 Å². The SMILES string of the molecule is Cc1cc(C(F)F)c(Br)nc1Br. The van der Waals surface area contributed by atoms with E-state index in [-0.39, 0.29) is 10.2 Å². The fourth-order valence-corrected chi connectivity index (χ4v) is 1.74. The summed E-state index contributed by atoms with van der Waals surface area (Å²) in [5.74, 6) is 0. The second-order valence-corrected chi connectivity index (χ2v) is 3.78. The van der Waals surface area contributed by atoms with Crippen molar-refractivity contribution in [3.63, 3.8) is 0 Å². The van der Waals surface area contributed by atoms with Crippen molar-refractivity contribution >= 4 is 31.9 Å². The van der Waals surface area contributed by atoms with E-state index in [1.165, 1.54) is 6.07 Å². The number of pyridine rings is 1. The van der Waals surface area contributed by atoms with Gasteiger partial charge in [0, 0.05) is 0 Å². The molecule has 0 aliphatic carbocycles. The van der Waals surface area contributed by atoms with Gasteiger partial charge in [0.2, 0.25) is 0 Å². The Morgan fingerprint density at radius 2 is 1.92 bits per heavy atom. The number of rotatable bonds is 1. The quantitative estimate of drug-likeness (QED) is 0.718. The van der Waals surface area contributed by atoms with Crippen molar-refractivity contribution in [2.75, 3.05) is 0 Å². The van der Waals surface area contributed by atoms with Gasteiger partial charge in [-0.05, 0) is 50.4 Å². The van der Waals surface area contributed by atoms with Crippen molar-refractivity contribution in [3.8, 4) is 0 Å². The number of nitrogens with zero attached hydrogens (tertiary/aromatic N) is 1. The third-order valence-electron chi connectivity index (χ3n) is 1.37. The van der Waals surface area contributed by atoms with Crippen molar-refractivity contribution in [3.05, 3.63) is 26.4 Å². The third-order valence-corrected chi connectivity index (χ3v) is 2.80. The van der Waals surface area contributed by atoms with Gasteiger partial charge >= 0.3 is 0 Å². The standard InChI is InChI=1S/C7H5Br2F2N/c1-3-2-4(7(10)11)6(9)12-5(3)8/h2,7H,1H3. The Balaban J connectivity index is 3.23. The van der Waals surface area contributed by atoms with Gasteiger partial charge in [-0.3, -0.25) is 0 Å². The number of halogens is 4. The summed E-state index contributed by atoms with van der Waals surface area (Å²) in [6.07, 6.45) is -2.49. The highest BCUT2D eigenvalue weighted by Gasteiger charge is 2.14. The number of aryl methyl sites for hydroxylation is 1. The largest absolute Gasteiger partial charge is 0.266 e. The summed E-state index contributed by atoms with van der Waals surface area (Å²) in [5, 5.41) is 0. The van der Waals surface area contributed by atoms with Crippen LogP contribution in [0.4, 0.5) is 8.78 Å². The van der Waals surface area contributed by atoms with E-state index in [4.69, 9.17) is 0 Å². The summed E-state index contributed by atoms with van der Waals surface area (Å²) in [6.45, 7) is 1.72. The monoisotopic (exact) mass is 299 g/mol. The van der Waals surface area contributed by atoms with Crippen LogP contribution in [0.2, 0.25) is 0 Å². The minimum Gasteiger partial charge on any atom is -0.233 e. The van der Waals surface area contributed by atoms with E-state index in [9.17, 15) is 8.78 Å². The number of alkyl halides is 2. The molecule has 66 valence electrons. The number of hydrogen-bond acceptors (Lipinski definition) is 1. The lowest BCUT2D eigenvalue weighted by molar-refractivity contribution is 0.150. The normalized spacial score (nSPS) is 10.8. The molecule has 0 spiro atoms. The van der Waals surface area contributed by atoms with Crippen molar-refractivity contribution in [2.45, 2.75) is 13.3 Å². The maximum Gasteiger partial charge on any atom is 0.266 e. The lowest BCUT2D eigenvalue weighted by Crippen LogP contribution is -1.92. The van der Waals surface area contributed by atoms with E-state index in [2.05, 4.69) is 36.8 Å². The molecule has 0 saturated carbocycles. The van der Waals surface area contributed by atoms with Gasteiger partial charge < -0.3 is 0 Å². The summed E-state index contributed by atoms with van der Waals surface area (Å²) in [7, 11) is 0. The van der Waals surface area contributed by atoms with Gasteiger partial charge in [-0.2, -0.15) is 0 Å². The van der Waals surface area contributed by atoms with Gasteiger partial charge in [0.15, 0.2) is 0 Å². The third kappa shape index (κ3) is 2.01. The minimum atomic E-state index is -2.49. The molecule has 1 nitrogen and oxygen atoms in total. The van der Waals surface area contributed by atoms with Crippen LogP contribution in [-0.2, 0) is 0 Å². The molecule has 0 atom stereocenters. The fraction of sp³-hybridized carbons (Fsp3) is 0.286. The van der Waals surface area contributed by atoms with E-state index < -0.39 is 6.43 Å². The molecule has 5 heteroatoms. The minimum absolute atomic E-state index is 0.0734. The van der Waals surface area contributed by atoms with E-state index in [0.717, 1.165) is 0 Å². The highest BCUT2D eigenvalue weighted by Crippen LogP contribution is 2.29. The molecule has 0 bridgehead atoms. The average Bonchev–Trinajstić information content (AvgIpc) is 1.96. The Kier molecular flexibility index (Phi) is 3.17. The molecule has 0 fully saturated rings. The van der Waals surface area contributed by atoms with Crippen LogP contribution in [0.15, 0.2) is 15.3 Å². The van der Waals surface area contributed by atoms with Crippen LogP contribution >= 0.6 is 31.9 Å². The molecule has 0 unspecified atom stereocenters. The van der Waals surface area contributed by atoms with Crippen molar-refractivity contribution in [1.29, 1.82) is 0 Å². The molecule has 1 heterocycles. The van der Waals surface area contributed by atoms with Crippen LogP contribution < -0.4 is 0 Å². The molecule has 1 rings (SSSR count). The Bertz CT molecular complexity index is 302. The molecule has 0 N–H and O–H groups in total. The Morgan fingerprint density at radius 3 is 2.42 bits per heavy atom. The summed E-state index contributed by atoms with van der Waals surface area (Å²) >= 11 is 6.10. The van der Waals surface area contributed by atoms with Gasteiger partial charge in [0.25, 0.3) is 6.43 Å². The number of hydrogen-bond donors (Lipinski definition) is 0. The zero-order valence-electron chi connectivity index (χ0n) is 6.11. The van der Waals surface area contributed by atoms with Crippen molar-refractivity contribution in [2.24, 2.45) is 0 Å². The van der Waals surface area contributed by atoms with Gasteiger partial charge in [0.05, 0.1) is 5.56 Å². The van der Waals surface area contributed by atoms with Crippen LogP contribution in [0.1, 0.15) is 17.6 Å². The highest BCUT2D eigenvalue weighted by molar-refractivity contribution is 9.11. The predicted molar refractivity (Wildman–Crippen MR) is 49.3 cm³/mol. The second kappa shape index (κ2) is 3.79. The van der Waals surface area contributed by atoms with E-state index in [1.54, 1.807) is 6.92 Å². The molecule has 0 aromatic carbocycles. The first-order valence-electron chi connectivity index (χ1n) is 3.13. The summed E-state index contributed by atoms with van der Waals surface area (Å²) < 4.78 is 25.3. The first-order valence-corrected chi connectivity index (χ1v) is 4.71. The van der Waals surface area contributed by atoms with Crippen LogP contribution in [0, 0.1) is 6.92 Å². The fourth-order valence-electron chi connectivity index (χ4n) is 0.744. The molecular formula is C7H5Br2F2N. The van der Waals surface area contributed by atoms with E-state index in [1.807, 2.05) is 0 Å². The Hall–Kier alpha value is -0.0300. The van der Waals surface area contributed by atoms with Gasteiger partial charge in [-0.1, -0.05) is 0 Å². The maximum atomic E-state index is 12.3. The maximum absolute atomic E-state index is 12.3.